The fraction of sp³-hybridized carbons (Fsp3) is 0.250. The van der Waals surface area contributed by atoms with Gasteiger partial charge in [0, 0.05) is 15.4 Å². The SMILES string of the molecule is CCCc1csc(-c2ccc(Br)cc2)n1. The normalized spacial score (nSPS) is 10.5. The second-order valence-corrected chi connectivity index (χ2v) is 5.17. The highest BCUT2D eigenvalue weighted by atomic mass is 79.9. The number of hydrogen-bond donors (Lipinski definition) is 0. The Labute approximate surface area is 102 Å². The molecule has 78 valence electrons. The van der Waals surface area contributed by atoms with Gasteiger partial charge in [0.25, 0.3) is 0 Å². The zero-order chi connectivity index (χ0) is 10.7. The van der Waals surface area contributed by atoms with Crippen LogP contribution in [0.5, 0.6) is 0 Å². The van der Waals surface area contributed by atoms with Gasteiger partial charge in [-0.05, 0) is 18.6 Å². The van der Waals surface area contributed by atoms with E-state index in [4.69, 9.17) is 0 Å². The molecule has 0 saturated carbocycles. The zero-order valence-electron chi connectivity index (χ0n) is 8.53. The first-order valence-corrected chi connectivity index (χ1v) is 6.67. The molecule has 1 aromatic carbocycles. The molecule has 1 nitrogen and oxygen atoms in total. The molecule has 0 saturated heterocycles. The molecule has 1 heterocycles. The van der Waals surface area contributed by atoms with Crippen LogP contribution in [0.3, 0.4) is 0 Å². The molecule has 0 amide bonds. The predicted octanol–water partition coefficient (Wildman–Crippen LogP) is 4.53. The van der Waals surface area contributed by atoms with Crippen molar-refractivity contribution in [1.29, 1.82) is 0 Å². The number of benzene rings is 1. The summed E-state index contributed by atoms with van der Waals surface area (Å²) in [5.74, 6) is 0. The lowest BCUT2D eigenvalue weighted by atomic mass is 10.2. The molecule has 0 spiro atoms. The van der Waals surface area contributed by atoms with Crippen LogP contribution in [-0.4, -0.2) is 4.98 Å². The topological polar surface area (TPSA) is 12.9 Å². The summed E-state index contributed by atoms with van der Waals surface area (Å²) in [6.07, 6.45) is 2.23. The second-order valence-electron chi connectivity index (χ2n) is 3.40. The highest BCUT2D eigenvalue weighted by molar-refractivity contribution is 9.10. The van der Waals surface area contributed by atoms with Crippen LogP contribution in [-0.2, 0) is 6.42 Å². The van der Waals surface area contributed by atoms with E-state index in [9.17, 15) is 0 Å². The van der Waals surface area contributed by atoms with Gasteiger partial charge in [-0.3, -0.25) is 0 Å². The van der Waals surface area contributed by atoms with E-state index in [1.807, 2.05) is 0 Å². The van der Waals surface area contributed by atoms with Crippen molar-refractivity contribution in [3.05, 3.63) is 39.8 Å². The predicted molar refractivity (Wildman–Crippen MR) is 69.2 cm³/mol. The molecule has 0 unspecified atom stereocenters. The van der Waals surface area contributed by atoms with Crippen LogP contribution in [0.4, 0.5) is 0 Å². The van der Waals surface area contributed by atoms with Crippen molar-refractivity contribution in [3.63, 3.8) is 0 Å². The maximum Gasteiger partial charge on any atom is 0.123 e. The third kappa shape index (κ3) is 2.67. The van der Waals surface area contributed by atoms with Crippen molar-refractivity contribution in [2.24, 2.45) is 0 Å². The van der Waals surface area contributed by atoms with Gasteiger partial charge in [0.05, 0.1) is 5.69 Å². The standard InChI is InChI=1S/C12H12BrNS/c1-2-3-11-8-15-12(14-11)9-4-6-10(13)7-5-9/h4-8H,2-3H2,1H3. The number of aromatic nitrogens is 1. The van der Waals surface area contributed by atoms with Crippen LogP contribution >= 0.6 is 27.3 Å². The van der Waals surface area contributed by atoms with Gasteiger partial charge in [0.1, 0.15) is 5.01 Å². The summed E-state index contributed by atoms with van der Waals surface area (Å²) in [5.41, 5.74) is 2.41. The summed E-state index contributed by atoms with van der Waals surface area (Å²) in [4.78, 5) is 4.60. The van der Waals surface area contributed by atoms with Crippen molar-refractivity contribution in [3.8, 4) is 10.6 Å². The van der Waals surface area contributed by atoms with Crippen LogP contribution < -0.4 is 0 Å². The van der Waals surface area contributed by atoms with E-state index in [-0.39, 0.29) is 0 Å². The van der Waals surface area contributed by atoms with Crippen molar-refractivity contribution < 1.29 is 0 Å². The minimum absolute atomic E-state index is 1.08. The molecule has 1 aromatic heterocycles. The molecule has 2 rings (SSSR count). The Balaban J connectivity index is 2.25. The summed E-state index contributed by atoms with van der Waals surface area (Å²) in [6.45, 7) is 2.18. The van der Waals surface area contributed by atoms with Crippen LogP contribution in [0, 0.1) is 0 Å². The lowest BCUT2D eigenvalue weighted by molar-refractivity contribution is 0.894. The van der Waals surface area contributed by atoms with Crippen molar-refractivity contribution in [2.45, 2.75) is 19.8 Å². The van der Waals surface area contributed by atoms with Gasteiger partial charge in [-0.15, -0.1) is 11.3 Å². The van der Waals surface area contributed by atoms with Crippen molar-refractivity contribution in [2.75, 3.05) is 0 Å². The quantitative estimate of drug-likeness (QED) is 0.806. The summed E-state index contributed by atoms with van der Waals surface area (Å²) in [5, 5.41) is 3.27. The van der Waals surface area contributed by atoms with Gasteiger partial charge < -0.3 is 0 Å². The first-order chi connectivity index (χ1) is 7.29. The molecule has 0 aliphatic carbocycles. The number of thiazole rings is 1. The maximum absolute atomic E-state index is 4.60. The smallest absolute Gasteiger partial charge is 0.123 e. The molecule has 15 heavy (non-hydrogen) atoms. The average molecular weight is 282 g/mol. The number of rotatable bonds is 3. The van der Waals surface area contributed by atoms with E-state index in [2.05, 4.69) is 57.5 Å². The second kappa shape index (κ2) is 4.90. The minimum atomic E-state index is 1.08. The van der Waals surface area contributed by atoms with Crippen LogP contribution in [0.15, 0.2) is 34.1 Å². The van der Waals surface area contributed by atoms with Gasteiger partial charge in [-0.2, -0.15) is 0 Å². The number of aryl methyl sites for hydroxylation is 1. The fourth-order valence-corrected chi connectivity index (χ4v) is 2.53. The molecule has 0 aliphatic rings. The Morgan fingerprint density at radius 2 is 2.00 bits per heavy atom. The van der Waals surface area contributed by atoms with E-state index < -0.39 is 0 Å². The summed E-state index contributed by atoms with van der Waals surface area (Å²) < 4.78 is 1.11. The zero-order valence-corrected chi connectivity index (χ0v) is 10.9. The van der Waals surface area contributed by atoms with Crippen LogP contribution in [0.25, 0.3) is 10.6 Å². The van der Waals surface area contributed by atoms with Crippen molar-refractivity contribution >= 4 is 27.3 Å². The molecule has 3 heteroatoms. The highest BCUT2D eigenvalue weighted by Crippen LogP contribution is 2.25. The molecular weight excluding hydrogens is 270 g/mol. The third-order valence-electron chi connectivity index (χ3n) is 2.15. The molecule has 0 fully saturated rings. The minimum Gasteiger partial charge on any atom is -0.241 e. The fourth-order valence-electron chi connectivity index (χ4n) is 1.40. The molecule has 0 radical (unpaired) electrons. The molecular formula is C12H12BrNS. The van der Waals surface area contributed by atoms with Gasteiger partial charge in [-0.1, -0.05) is 41.4 Å². The van der Waals surface area contributed by atoms with Gasteiger partial charge in [-0.25, -0.2) is 4.98 Å². The number of halogens is 1. The Kier molecular flexibility index (Phi) is 3.54. The molecule has 0 aliphatic heterocycles. The van der Waals surface area contributed by atoms with E-state index in [1.165, 1.54) is 11.3 Å². The Morgan fingerprint density at radius 3 is 2.67 bits per heavy atom. The monoisotopic (exact) mass is 281 g/mol. The maximum atomic E-state index is 4.60. The first-order valence-electron chi connectivity index (χ1n) is 5.00. The van der Waals surface area contributed by atoms with Gasteiger partial charge >= 0.3 is 0 Å². The molecule has 0 bridgehead atoms. The largest absolute Gasteiger partial charge is 0.241 e. The molecule has 2 aromatic rings. The highest BCUT2D eigenvalue weighted by Gasteiger charge is 2.03. The summed E-state index contributed by atoms with van der Waals surface area (Å²) in [7, 11) is 0. The summed E-state index contributed by atoms with van der Waals surface area (Å²) >= 11 is 5.15. The number of hydrogen-bond acceptors (Lipinski definition) is 2. The third-order valence-corrected chi connectivity index (χ3v) is 3.62. The average Bonchev–Trinajstić information content (AvgIpc) is 2.68. The van der Waals surface area contributed by atoms with E-state index >= 15 is 0 Å². The van der Waals surface area contributed by atoms with Gasteiger partial charge in [0.2, 0.25) is 0 Å². The molecule has 0 N–H and O–H groups in total. The van der Waals surface area contributed by atoms with Crippen molar-refractivity contribution in [1.82, 2.24) is 4.98 Å². The van der Waals surface area contributed by atoms with E-state index in [0.717, 1.165) is 22.3 Å². The van der Waals surface area contributed by atoms with Gasteiger partial charge in [0.15, 0.2) is 0 Å². The Hall–Kier alpha value is -0.670. The molecule has 0 atom stereocenters. The number of nitrogens with zero attached hydrogens (tertiary/aromatic N) is 1. The lowest BCUT2D eigenvalue weighted by Crippen LogP contribution is -1.82. The van der Waals surface area contributed by atoms with Crippen LogP contribution in [0.2, 0.25) is 0 Å². The lowest BCUT2D eigenvalue weighted by Gasteiger charge is -1.95. The van der Waals surface area contributed by atoms with E-state index in [1.54, 1.807) is 11.3 Å². The first kappa shape index (κ1) is 10.8. The van der Waals surface area contributed by atoms with E-state index in [0.29, 0.717) is 0 Å². The Bertz CT molecular complexity index is 433. The van der Waals surface area contributed by atoms with Crippen LogP contribution in [0.1, 0.15) is 19.0 Å². The Morgan fingerprint density at radius 1 is 1.27 bits per heavy atom. The summed E-state index contributed by atoms with van der Waals surface area (Å²) in [6, 6.07) is 8.30.